The Bertz CT molecular complexity index is 1150. The highest BCUT2D eigenvalue weighted by Gasteiger charge is 2.18. The van der Waals surface area contributed by atoms with E-state index in [1.165, 1.54) is 199 Å². The van der Waals surface area contributed by atoms with Gasteiger partial charge >= 0.3 is 5.97 Å². The summed E-state index contributed by atoms with van der Waals surface area (Å²) >= 11 is 0. The maximum atomic E-state index is 12.5. The summed E-state index contributed by atoms with van der Waals surface area (Å²) in [4.78, 5) is 24.5. The predicted octanol–water partition coefficient (Wildman–Crippen LogP) is 18.6. The van der Waals surface area contributed by atoms with E-state index in [9.17, 15) is 19.8 Å². The van der Waals surface area contributed by atoms with Crippen LogP contribution in [-0.2, 0) is 14.3 Å². The molecule has 0 radical (unpaired) electrons. The van der Waals surface area contributed by atoms with Crippen LogP contribution in [0.3, 0.4) is 0 Å². The molecule has 0 aromatic heterocycles. The van der Waals surface area contributed by atoms with Crippen LogP contribution in [0.2, 0.25) is 0 Å². The van der Waals surface area contributed by atoms with Crippen LogP contribution in [0, 0.1) is 0 Å². The first-order chi connectivity index (χ1) is 33.5. The van der Waals surface area contributed by atoms with Gasteiger partial charge in [0.05, 0.1) is 25.4 Å². The van der Waals surface area contributed by atoms with Crippen LogP contribution < -0.4 is 5.32 Å². The average molecular weight is 955 g/mol. The largest absolute Gasteiger partial charge is 0.466 e. The van der Waals surface area contributed by atoms with E-state index in [4.69, 9.17) is 4.74 Å². The van der Waals surface area contributed by atoms with Gasteiger partial charge in [-0.3, -0.25) is 9.59 Å². The molecule has 0 aromatic carbocycles. The molecule has 0 fully saturated rings. The zero-order chi connectivity index (χ0) is 49.3. The third kappa shape index (κ3) is 53.2. The lowest BCUT2D eigenvalue weighted by molar-refractivity contribution is -0.143. The molecule has 6 nitrogen and oxygen atoms in total. The Kier molecular flexibility index (Phi) is 55.6. The molecule has 1 amide bonds. The van der Waals surface area contributed by atoms with E-state index < -0.39 is 12.1 Å². The fraction of sp³-hybridized carbons (Fsp3) is 0.839. The molecule has 0 aliphatic carbocycles. The number of unbranched alkanes of at least 4 members (excludes halogenated alkanes) is 38. The molecule has 0 heterocycles. The van der Waals surface area contributed by atoms with Crippen molar-refractivity contribution in [3.8, 4) is 0 Å². The van der Waals surface area contributed by atoms with Gasteiger partial charge in [0.1, 0.15) is 0 Å². The summed E-state index contributed by atoms with van der Waals surface area (Å²) in [6.07, 6.45) is 72.8. The molecule has 2 unspecified atom stereocenters. The molecule has 0 saturated heterocycles. The standard InChI is InChI=1S/C62H115NO5/c1-3-5-7-9-11-13-15-17-19-21-22-23-24-25-26-27-29-30-32-34-38-42-46-50-54-60(65)59(58-64)63-61(66)55-51-47-43-39-36-37-41-45-49-53-57-68-62(67)56-52-48-44-40-35-33-31-28-20-18-16-14-12-10-8-6-4-2/h12,14,18,20,37,41,50,54,59-60,64-65H,3-11,13,15-17,19,21-36,38-40,42-49,51-53,55-58H2,1-2H3,(H,63,66)/b14-12-,20-18-,41-37-,54-50+. The van der Waals surface area contributed by atoms with Gasteiger partial charge in [-0.2, -0.15) is 0 Å². The molecule has 3 N–H and O–H groups in total. The molecule has 0 rings (SSSR count). The molecule has 0 aliphatic heterocycles. The summed E-state index contributed by atoms with van der Waals surface area (Å²) in [5.74, 6) is -0.149. The topological polar surface area (TPSA) is 95.9 Å². The van der Waals surface area contributed by atoms with E-state index in [1.54, 1.807) is 6.08 Å². The number of esters is 1. The number of nitrogens with one attached hydrogen (secondary N) is 1. The van der Waals surface area contributed by atoms with Crippen molar-refractivity contribution in [2.75, 3.05) is 13.2 Å². The number of carbonyl (C=O) groups is 2. The quantitative estimate of drug-likeness (QED) is 0.0321. The van der Waals surface area contributed by atoms with E-state index in [0.717, 1.165) is 83.5 Å². The lowest BCUT2D eigenvalue weighted by Gasteiger charge is -2.20. The van der Waals surface area contributed by atoms with E-state index in [-0.39, 0.29) is 18.5 Å². The second-order valence-electron chi connectivity index (χ2n) is 20.3. The van der Waals surface area contributed by atoms with Gasteiger partial charge in [-0.1, -0.05) is 255 Å². The summed E-state index contributed by atoms with van der Waals surface area (Å²) in [6, 6.07) is -0.656. The Morgan fingerprint density at radius 1 is 0.412 bits per heavy atom. The average Bonchev–Trinajstić information content (AvgIpc) is 3.34. The molecule has 0 bridgehead atoms. The van der Waals surface area contributed by atoms with Gasteiger partial charge in [-0.15, -0.1) is 0 Å². The number of ether oxygens (including phenoxy) is 1. The normalized spacial score (nSPS) is 12.9. The Balaban J connectivity index is 3.55. The smallest absolute Gasteiger partial charge is 0.305 e. The number of hydrogen-bond donors (Lipinski definition) is 3. The number of amides is 1. The number of rotatable bonds is 55. The molecule has 398 valence electrons. The second kappa shape index (κ2) is 57.4. The van der Waals surface area contributed by atoms with Gasteiger partial charge in [-0.05, 0) is 89.9 Å². The molecule has 68 heavy (non-hydrogen) atoms. The number of aliphatic hydroxyl groups is 2. The van der Waals surface area contributed by atoms with Crippen LogP contribution in [0.4, 0.5) is 0 Å². The fourth-order valence-electron chi connectivity index (χ4n) is 8.95. The molecule has 6 heteroatoms. The SMILES string of the molecule is CCCCC/C=C\C/C=C\CCCCCCCCCC(=O)OCCCC/C=C\CCCCCCC(=O)NC(CO)C(O)/C=C/CCCCCCCCCCCCCCCCCCCCCCCC. The molecule has 0 saturated carbocycles. The van der Waals surface area contributed by atoms with E-state index in [0.29, 0.717) is 19.4 Å². The lowest BCUT2D eigenvalue weighted by atomic mass is 10.0. The van der Waals surface area contributed by atoms with Gasteiger partial charge in [0, 0.05) is 12.8 Å². The number of aliphatic hydroxyl groups excluding tert-OH is 2. The van der Waals surface area contributed by atoms with Crippen LogP contribution in [0.1, 0.15) is 309 Å². The van der Waals surface area contributed by atoms with Crippen LogP contribution >= 0.6 is 0 Å². The molecule has 2 atom stereocenters. The summed E-state index contributed by atoms with van der Waals surface area (Å²) < 4.78 is 5.44. The third-order valence-electron chi connectivity index (χ3n) is 13.6. The van der Waals surface area contributed by atoms with Crippen molar-refractivity contribution >= 4 is 11.9 Å². The van der Waals surface area contributed by atoms with Gasteiger partial charge in [0.2, 0.25) is 5.91 Å². The minimum atomic E-state index is -0.869. The van der Waals surface area contributed by atoms with E-state index >= 15 is 0 Å². The number of carbonyl (C=O) groups excluding carboxylic acids is 2. The zero-order valence-electron chi connectivity index (χ0n) is 45.3. The zero-order valence-corrected chi connectivity index (χ0v) is 45.3. The lowest BCUT2D eigenvalue weighted by Crippen LogP contribution is -2.45. The van der Waals surface area contributed by atoms with Crippen molar-refractivity contribution in [1.29, 1.82) is 0 Å². The van der Waals surface area contributed by atoms with Gasteiger partial charge < -0.3 is 20.3 Å². The van der Waals surface area contributed by atoms with Crippen molar-refractivity contribution in [3.05, 3.63) is 48.6 Å². The maximum absolute atomic E-state index is 12.5. The van der Waals surface area contributed by atoms with Gasteiger partial charge in [-0.25, -0.2) is 0 Å². The summed E-state index contributed by atoms with van der Waals surface area (Å²) in [7, 11) is 0. The number of hydrogen-bond acceptors (Lipinski definition) is 5. The molecular formula is C62H115NO5. The Morgan fingerprint density at radius 3 is 1.16 bits per heavy atom. The van der Waals surface area contributed by atoms with Crippen LogP contribution in [0.15, 0.2) is 48.6 Å². The molecule has 0 spiro atoms. The maximum Gasteiger partial charge on any atom is 0.305 e. The minimum absolute atomic E-state index is 0.0460. The van der Waals surface area contributed by atoms with Crippen molar-refractivity contribution < 1.29 is 24.5 Å². The second-order valence-corrected chi connectivity index (χ2v) is 20.3. The van der Waals surface area contributed by atoms with Crippen LogP contribution in [0.5, 0.6) is 0 Å². The highest BCUT2D eigenvalue weighted by molar-refractivity contribution is 5.76. The van der Waals surface area contributed by atoms with Crippen LogP contribution in [-0.4, -0.2) is 47.4 Å². The Labute approximate surface area is 423 Å². The van der Waals surface area contributed by atoms with Gasteiger partial charge in [0.25, 0.3) is 0 Å². The highest BCUT2D eigenvalue weighted by Crippen LogP contribution is 2.17. The van der Waals surface area contributed by atoms with Crippen molar-refractivity contribution in [2.24, 2.45) is 0 Å². The monoisotopic (exact) mass is 954 g/mol. The van der Waals surface area contributed by atoms with E-state index in [2.05, 4.69) is 55.6 Å². The van der Waals surface area contributed by atoms with Crippen molar-refractivity contribution in [3.63, 3.8) is 0 Å². The van der Waals surface area contributed by atoms with E-state index in [1.807, 2.05) is 6.08 Å². The Morgan fingerprint density at radius 2 is 0.735 bits per heavy atom. The first-order valence-corrected chi connectivity index (χ1v) is 29.9. The predicted molar refractivity (Wildman–Crippen MR) is 296 cm³/mol. The molecule has 0 aliphatic rings. The molecular weight excluding hydrogens is 839 g/mol. The van der Waals surface area contributed by atoms with Gasteiger partial charge in [0.15, 0.2) is 0 Å². The first-order valence-electron chi connectivity index (χ1n) is 29.9. The van der Waals surface area contributed by atoms with Crippen LogP contribution in [0.25, 0.3) is 0 Å². The summed E-state index contributed by atoms with van der Waals surface area (Å²) in [5.41, 5.74) is 0. The summed E-state index contributed by atoms with van der Waals surface area (Å²) in [6.45, 7) is 4.80. The third-order valence-corrected chi connectivity index (χ3v) is 13.6. The number of allylic oxidation sites excluding steroid dienone is 7. The van der Waals surface area contributed by atoms with Crippen molar-refractivity contribution in [1.82, 2.24) is 5.32 Å². The first kappa shape index (κ1) is 65.8. The Hall–Kier alpha value is -2.18. The summed E-state index contributed by atoms with van der Waals surface area (Å²) in [5, 5.41) is 23.2. The molecule has 0 aromatic rings. The van der Waals surface area contributed by atoms with Crippen molar-refractivity contribution in [2.45, 2.75) is 321 Å². The fourth-order valence-corrected chi connectivity index (χ4v) is 8.95. The highest BCUT2D eigenvalue weighted by atomic mass is 16.5. The minimum Gasteiger partial charge on any atom is -0.466 e.